The van der Waals surface area contributed by atoms with Crippen LogP contribution in [0.2, 0.25) is 0 Å². The topological polar surface area (TPSA) is 66.0 Å². The molecule has 2 N–H and O–H groups in total. The summed E-state index contributed by atoms with van der Waals surface area (Å²) in [4.78, 5) is 20.3. The number of likely N-dealkylation sites (tertiary alicyclic amines) is 1. The highest BCUT2D eigenvalue weighted by Gasteiger charge is 2.16. The van der Waals surface area contributed by atoms with Crippen LogP contribution in [0.4, 0.5) is 5.69 Å². The number of hydrogen-bond acceptors (Lipinski definition) is 4. The molecule has 7 heteroatoms. The molecule has 1 aliphatic heterocycles. The molecule has 0 bridgehead atoms. The predicted molar refractivity (Wildman–Crippen MR) is 125 cm³/mol. The van der Waals surface area contributed by atoms with Crippen molar-refractivity contribution >= 4 is 28.9 Å². The van der Waals surface area contributed by atoms with Gasteiger partial charge >= 0.3 is 0 Å². The maximum atomic E-state index is 12.5. The van der Waals surface area contributed by atoms with Gasteiger partial charge in [0, 0.05) is 30.2 Å². The Morgan fingerprint density at radius 1 is 1.17 bits per heavy atom. The number of carbonyl (C=O) groups is 1. The summed E-state index contributed by atoms with van der Waals surface area (Å²) in [7, 11) is 0. The van der Waals surface area contributed by atoms with E-state index in [0.717, 1.165) is 50.3 Å². The summed E-state index contributed by atoms with van der Waals surface area (Å²) >= 11 is 1.75. The van der Waals surface area contributed by atoms with Crippen LogP contribution >= 0.6 is 11.3 Å². The minimum absolute atomic E-state index is 0.0924. The Morgan fingerprint density at radius 2 is 1.93 bits per heavy atom. The van der Waals surface area contributed by atoms with Gasteiger partial charge in [0.25, 0.3) is 0 Å². The van der Waals surface area contributed by atoms with Gasteiger partial charge < -0.3 is 20.3 Å². The number of rotatable bonds is 8. The molecule has 1 aromatic heterocycles. The average molecular weight is 429 g/mol. The number of benzene rings is 1. The summed E-state index contributed by atoms with van der Waals surface area (Å²) < 4.78 is 5.70. The SMILES string of the molecule is CC(C)Oc1ccc(NC(=NCC(=O)N2CCCCC2)NCCc2cccs2)cc1. The molecule has 1 amide bonds. The van der Waals surface area contributed by atoms with Crippen LogP contribution in [0.1, 0.15) is 38.0 Å². The minimum atomic E-state index is 0.0924. The molecule has 2 aromatic rings. The first-order chi connectivity index (χ1) is 14.6. The van der Waals surface area contributed by atoms with E-state index in [-0.39, 0.29) is 18.6 Å². The number of amides is 1. The van der Waals surface area contributed by atoms with Crippen LogP contribution in [-0.4, -0.2) is 49.0 Å². The third-order valence-corrected chi connectivity index (χ3v) is 5.75. The first-order valence-corrected chi connectivity index (χ1v) is 11.6. The second-order valence-corrected chi connectivity index (χ2v) is 8.71. The molecule has 0 atom stereocenters. The van der Waals surface area contributed by atoms with Crippen molar-refractivity contribution in [2.75, 3.05) is 31.5 Å². The van der Waals surface area contributed by atoms with E-state index in [1.165, 1.54) is 11.3 Å². The van der Waals surface area contributed by atoms with Crippen LogP contribution in [0.3, 0.4) is 0 Å². The average Bonchev–Trinajstić information content (AvgIpc) is 3.27. The maximum absolute atomic E-state index is 12.5. The highest BCUT2D eigenvalue weighted by Crippen LogP contribution is 2.17. The molecular weight excluding hydrogens is 396 g/mol. The van der Waals surface area contributed by atoms with Gasteiger partial charge in [0.15, 0.2) is 5.96 Å². The van der Waals surface area contributed by atoms with Crippen LogP contribution in [0.25, 0.3) is 0 Å². The first-order valence-electron chi connectivity index (χ1n) is 10.7. The molecule has 1 aliphatic rings. The predicted octanol–water partition coefficient (Wildman–Crippen LogP) is 4.15. The number of nitrogens with one attached hydrogen (secondary N) is 2. The highest BCUT2D eigenvalue weighted by atomic mass is 32.1. The lowest BCUT2D eigenvalue weighted by Gasteiger charge is -2.26. The van der Waals surface area contributed by atoms with Crippen LogP contribution in [0.15, 0.2) is 46.8 Å². The van der Waals surface area contributed by atoms with E-state index < -0.39 is 0 Å². The molecule has 0 radical (unpaired) electrons. The van der Waals surface area contributed by atoms with E-state index in [1.807, 2.05) is 43.0 Å². The number of guanidine groups is 1. The van der Waals surface area contributed by atoms with Gasteiger partial charge in [-0.25, -0.2) is 4.99 Å². The van der Waals surface area contributed by atoms with Gasteiger partial charge in [-0.05, 0) is 75.2 Å². The number of aliphatic imine (C=N–C) groups is 1. The van der Waals surface area contributed by atoms with Crippen molar-refractivity contribution in [3.05, 3.63) is 46.7 Å². The summed E-state index contributed by atoms with van der Waals surface area (Å²) in [6, 6.07) is 12.0. The molecule has 3 rings (SSSR count). The van der Waals surface area contributed by atoms with Crippen LogP contribution in [0.5, 0.6) is 5.75 Å². The summed E-state index contributed by atoms with van der Waals surface area (Å²) in [5, 5.41) is 8.75. The molecule has 0 unspecified atom stereocenters. The van der Waals surface area contributed by atoms with Crippen molar-refractivity contribution < 1.29 is 9.53 Å². The van der Waals surface area contributed by atoms with E-state index >= 15 is 0 Å². The zero-order valence-corrected chi connectivity index (χ0v) is 18.7. The Morgan fingerprint density at radius 3 is 2.60 bits per heavy atom. The fourth-order valence-corrected chi connectivity index (χ4v) is 4.02. The second kappa shape index (κ2) is 11.6. The summed E-state index contributed by atoms with van der Waals surface area (Å²) in [6.45, 7) is 6.61. The molecule has 0 aliphatic carbocycles. The number of ether oxygens (including phenoxy) is 1. The lowest BCUT2D eigenvalue weighted by molar-refractivity contribution is -0.130. The van der Waals surface area contributed by atoms with Crippen molar-refractivity contribution in [3.8, 4) is 5.75 Å². The van der Waals surface area contributed by atoms with Crippen LogP contribution < -0.4 is 15.4 Å². The van der Waals surface area contributed by atoms with Crippen molar-refractivity contribution in [2.45, 2.75) is 45.6 Å². The molecule has 6 nitrogen and oxygen atoms in total. The van der Waals surface area contributed by atoms with Gasteiger partial charge in [-0.1, -0.05) is 6.07 Å². The fraction of sp³-hybridized carbons (Fsp3) is 0.478. The fourth-order valence-electron chi connectivity index (χ4n) is 3.31. The number of hydrogen-bond donors (Lipinski definition) is 2. The zero-order valence-electron chi connectivity index (χ0n) is 17.9. The summed E-state index contributed by atoms with van der Waals surface area (Å²) in [5.74, 6) is 1.55. The van der Waals surface area contributed by atoms with Crippen molar-refractivity contribution in [3.63, 3.8) is 0 Å². The molecule has 1 aromatic carbocycles. The van der Waals surface area contributed by atoms with Crippen LogP contribution in [0, 0.1) is 0 Å². The van der Waals surface area contributed by atoms with Crippen molar-refractivity contribution in [1.82, 2.24) is 10.2 Å². The standard InChI is InChI=1S/C23H32N4O2S/c1-18(2)29-20-10-8-19(9-11-20)26-23(24-13-12-21-7-6-16-30-21)25-17-22(28)27-14-4-3-5-15-27/h6-11,16,18H,3-5,12-15,17H2,1-2H3,(H2,24,25,26). The Kier molecular flexibility index (Phi) is 8.56. The van der Waals surface area contributed by atoms with Gasteiger partial charge in [0.1, 0.15) is 12.3 Å². The largest absolute Gasteiger partial charge is 0.491 e. The first kappa shape index (κ1) is 22.2. The zero-order chi connectivity index (χ0) is 21.2. The Bertz CT molecular complexity index is 797. The lowest BCUT2D eigenvalue weighted by Crippen LogP contribution is -2.38. The van der Waals surface area contributed by atoms with Crippen LogP contribution in [-0.2, 0) is 11.2 Å². The third-order valence-electron chi connectivity index (χ3n) is 4.81. The lowest BCUT2D eigenvalue weighted by atomic mass is 10.1. The molecular formula is C23H32N4O2S. The number of anilines is 1. The Labute approximate surface area is 183 Å². The summed E-state index contributed by atoms with van der Waals surface area (Å²) in [6.07, 6.45) is 4.44. The van der Waals surface area contributed by atoms with Crippen molar-refractivity contribution in [2.24, 2.45) is 4.99 Å². The molecule has 30 heavy (non-hydrogen) atoms. The molecule has 1 fully saturated rings. The maximum Gasteiger partial charge on any atom is 0.244 e. The number of carbonyl (C=O) groups excluding carboxylic acids is 1. The quantitative estimate of drug-likeness (QED) is 0.490. The monoisotopic (exact) mass is 428 g/mol. The number of thiophene rings is 1. The van der Waals surface area contributed by atoms with Crippen molar-refractivity contribution in [1.29, 1.82) is 0 Å². The van der Waals surface area contributed by atoms with Gasteiger partial charge in [-0.3, -0.25) is 4.79 Å². The van der Waals surface area contributed by atoms with Gasteiger partial charge in [-0.2, -0.15) is 0 Å². The molecule has 1 saturated heterocycles. The van der Waals surface area contributed by atoms with E-state index in [4.69, 9.17) is 4.74 Å². The smallest absolute Gasteiger partial charge is 0.244 e. The normalized spacial score (nSPS) is 14.6. The molecule has 2 heterocycles. The van der Waals surface area contributed by atoms with Gasteiger partial charge in [0.05, 0.1) is 6.10 Å². The number of nitrogens with zero attached hydrogens (tertiary/aromatic N) is 2. The Hall–Kier alpha value is -2.54. The minimum Gasteiger partial charge on any atom is -0.491 e. The van der Waals surface area contributed by atoms with E-state index in [1.54, 1.807) is 11.3 Å². The van der Waals surface area contributed by atoms with Gasteiger partial charge in [0.2, 0.25) is 5.91 Å². The third kappa shape index (κ3) is 7.37. The molecule has 0 spiro atoms. The summed E-state index contributed by atoms with van der Waals surface area (Å²) in [5.41, 5.74) is 0.902. The Balaban J connectivity index is 1.60. The number of piperidine rings is 1. The van der Waals surface area contributed by atoms with E-state index in [9.17, 15) is 4.79 Å². The highest BCUT2D eigenvalue weighted by molar-refractivity contribution is 7.09. The second-order valence-electron chi connectivity index (χ2n) is 7.68. The molecule has 162 valence electrons. The molecule has 0 saturated carbocycles. The van der Waals surface area contributed by atoms with E-state index in [2.05, 4.69) is 33.1 Å². The van der Waals surface area contributed by atoms with Gasteiger partial charge in [-0.15, -0.1) is 11.3 Å². The van der Waals surface area contributed by atoms with E-state index in [0.29, 0.717) is 5.96 Å².